The second kappa shape index (κ2) is 8.47. The van der Waals surface area contributed by atoms with Gasteiger partial charge >= 0.3 is 5.97 Å². The van der Waals surface area contributed by atoms with Gasteiger partial charge in [-0.25, -0.2) is 13.6 Å². The number of primary sulfonamides is 1. The summed E-state index contributed by atoms with van der Waals surface area (Å²) in [4.78, 5) is 11.6. The van der Waals surface area contributed by atoms with E-state index in [2.05, 4.69) is 5.32 Å². The highest BCUT2D eigenvalue weighted by Crippen LogP contribution is 2.21. The van der Waals surface area contributed by atoms with E-state index in [1.807, 2.05) is 6.92 Å². The zero-order valence-electron chi connectivity index (χ0n) is 12.6. The summed E-state index contributed by atoms with van der Waals surface area (Å²) in [7, 11) is -2.49. The van der Waals surface area contributed by atoms with E-state index < -0.39 is 16.1 Å². The molecule has 22 heavy (non-hydrogen) atoms. The van der Waals surface area contributed by atoms with E-state index in [4.69, 9.17) is 21.5 Å². The summed E-state index contributed by atoms with van der Waals surface area (Å²) in [5.74, 6) is -0.319. The molecule has 0 fully saturated rings. The van der Waals surface area contributed by atoms with Gasteiger partial charge in [-0.05, 0) is 24.1 Å². The lowest BCUT2D eigenvalue weighted by molar-refractivity contribution is -0.143. The first-order valence-electron chi connectivity index (χ1n) is 6.92. The maximum Gasteiger partial charge on any atom is 0.322 e. The minimum atomic E-state index is -3.84. The van der Waals surface area contributed by atoms with Crippen LogP contribution in [0.3, 0.4) is 0 Å². The Balaban J connectivity index is 2.77. The summed E-state index contributed by atoms with van der Waals surface area (Å²) < 4.78 is 27.4. The van der Waals surface area contributed by atoms with Crippen LogP contribution in [-0.4, -0.2) is 27.5 Å². The van der Waals surface area contributed by atoms with Gasteiger partial charge in [0.1, 0.15) is 10.9 Å². The number of carbonyl (C=O) groups is 1. The highest BCUT2D eigenvalue weighted by molar-refractivity contribution is 7.89. The van der Waals surface area contributed by atoms with E-state index in [1.54, 1.807) is 6.07 Å². The molecule has 6 nitrogen and oxygen atoms in total. The van der Waals surface area contributed by atoms with Crippen molar-refractivity contribution in [3.05, 3.63) is 28.8 Å². The predicted octanol–water partition coefficient (Wildman–Crippen LogP) is 1.81. The Labute approximate surface area is 136 Å². The van der Waals surface area contributed by atoms with Crippen LogP contribution in [-0.2, 0) is 26.1 Å². The molecule has 0 aliphatic carbocycles. The van der Waals surface area contributed by atoms with E-state index in [1.165, 1.54) is 19.2 Å². The van der Waals surface area contributed by atoms with Crippen LogP contribution >= 0.6 is 11.6 Å². The molecule has 8 heteroatoms. The Bertz CT molecular complexity index is 619. The maximum absolute atomic E-state index is 11.7. The molecule has 0 saturated carbocycles. The fourth-order valence-electron chi connectivity index (χ4n) is 1.98. The van der Waals surface area contributed by atoms with Crippen LogP contribution in [0.5, 0.6) is 0 Å². The average molecular weight is 349 g/mol. The molecule has 0 saturated heterocycles. The largest absolute Gasteiger partial charge is 0.468 e. The zero-order chi connectivity index (χ0) is 16.8. The number of unbranched alkanes of at least 4 members (excludes halogenated alkanes) is 1. The molecule has 1 aromatic rings. The van der Waals surface area contributed by atoms with Crippen LogP contribution in [0.1, 0.15) is 31.7 Å². The standard InChI is InChI=1S/C14H21ClN2O4S/c1-3-4-5-12(14(18)21-2)17-9-10-6-7-13(11(15)8-10)22(16,19)20/h6-8,12,17H,3-5,9H2,1-2H3,(H2,16,19,20)/t12-/m1/s1. The van der Waals surface area contributed by atoms with Crippen molar-refractivity contribution in [2.24, 2.45) is 5.14 Å². The van der Waals surface area contributed by atoms with Crippen LogP contribution in [0.4, 0.5) is 0 Å². The monoisotopic (exact) mass is 348 g/mol. The van der Waals surface area contributed by atoms with Gasteiger partial charge in [-0.1, -0.05) is 37.4 Å². The van der Waals surface area contributed by atoms with Crippen LogP contribution in [0.25, 0.3) is 0 Å². The lowest BCUT2D eigenvalue weighted by atomic mass is 10.1. The first kappa shape index (κ1) is 18.9. The summed E-state index contributed by atoms with van der Waals surface area (Å²) >= 11 is 5.92. The minimum Gasteiger partial charge on any atom is -0.468 e. The molecule has 0 amide bonds. The molecule has 0 aliphatic rings. The normalized spacial score (nSPS) is 12.9. The predicted molar refractivity (Wildman–Crippen MR) is 85.0 cm³/mol. The van der Waals surface area contributed by atoms with Crippen molar-refractivity contribution >= 4 is 27.6 Å². The van der Waals surface area contributed by atoms with Gasteiger partial charge in [0.05, 0.1) is 12.1 Å². The molecule has 0 spiro atoms. The van der Waals surface area contributed by atoms with Gasteiger partial charge in [0.2, 0.25) is 10.0 Å². The van der Waals surface area contributed by atoms with Crippen LogP contribution in [0, 0.1) is 0 Å². The Hall–Kier alpha value is -1.15. The number of halogens is 1. The Morgan fingerprint density at radius 3 is 2.64 bits per heavy atom. The van der Waals surface area contributed by atoms with Gasteiger partial charge in [0.15, 0.2) is 0 Å². The highest BCUT2D eigenvalue weighted by Gasteiger charge is 2.18. The average Bonchev–Trinajstić information content (AvgIpc) is 2.45. The molecule has 0 aliphatic heterocycles. The molecule has 0 heterocycles. The fourth-order valence-corrected chi connectivity index (χ4v) is 3.09. The second-order valence-electron chi connectivity index (χ2n) is 4.91. The third kappa shape index (κ3) is 5.57. The zero-order valence-corrected chi connectivity index (χ0v) is 14.2. The fraction of sp³-hybridized carbons (Fsp3) is 0.500. The number of ether oxygens (including phenoxy) is 1. The number of hydrogen-bond donors (Lipinski definition) is 2. The van der Waals surface area contributed by atoms with Crippen molar-refractivity contribution in [2.45, 2.75) is 43.7 Å². The molecule has 3 N–H and O–H groups in total. The van der Waals surface area contributed by atoms with Crippen LogP contribution in [0.15, 0.2) is 23.1 Å². The van der Waals surface area contributed by atoms with E-state index in [-0.39, 0.29) is 15.9 Å². The highest BCUT2D eigenvalue weighted by atomic mass is 35.5. The summed E-state index contributed by atoms with van der Waals surface area (Å²) in [5.41, 5.74) is 0.753. The van der Waals surface area contributed by atoms with Crippen LogP contribution < -0.4 is 10.5 Å². The minimum absolute atomic E-state index is 0.0602. The van der Waals surface area contributed by atoms with Crippen molar-refractivity contribution in [1.82, 2.24) is 5.32 Å². The maximum atomic E-state index is 11.7. The van der Waals surface area contributed by atoms with Crippen molar-refractivity contribution in [1.29, 1.82) is 0 Å². The van der Waals surface area contributed by atoms with E-state index in [0.29, 0.717) is 13.0 Å². The SMILES string of the molecule is CCCC[C@@H](NCc1ccc(S(N)(=O)=O)c(Cl)c1)C(=O)OC. The van der Waals surface area contributed by atoms with E-state index in [9.17, 15) is 13.2 Å². The van der Waals surface area contributed by atoms with E-state index >= 15 is 0 Å². The number of carbonyl (C=O) groups excluding carboxylic acids is 1. The summed E-state index contributed by atoms with van der Waals surface area (Å²) in [6.07, 6.45) is 2.55. The first-order chi connectivity index (χ1) is 10.3. The summed E-state index contributed by atoms with van der Waals surface area (Å²) in [5, 5.41) is 8.21. The lowest BCUT2D eigenvalue weighted by Crippen LogP contribution is -2.37. The number of hydrogen-bond acceptors (Lipinski definition) is 5. The van der Waals surface area contributed by atoms with Crippen LogP contribution in [0.2, 0.25) is 5.02 Å². The summed E-state index contributed by atoms with van der Waals surface area (Å²) in [6, 6.07) is 4.07. The molecule has 1 atom stereocenters. The van der Waals surface area contributed by atoms with E-state index in [0.717, 1.165) is 18.4 Å². The van der Waals surface area contributed by atoms with Crippen molar-refractivity contribution < 1.29 is 17.9 Å². The number of sulfonamides is 1. The van der Waals surface area contributed by atoms with Gasteiger partial charge in [-0.2, -0.15) is 0 Å². The second-order valence-corrected chi connectivity index (χ2v) is 6.85. The quantitative estimate of drug-likeness (QED) is 0.698. The number of nitrogens with one attached hydrogen (secondary N) is 1. The molecule has 0 unspecified atom stereocenters. The topological polar surface area (TPSA) is 98.5 Å². The third-order valence-electron chi connectivity index (χ3n) is 3.19. The third-order valence-corrected chi connectivity index (χ3v) is 4.58. The number of nitrogens with two attached hydrogens (primary N) is 1. The number of methoxy groups -OCH3 is 1. The number of benzene rings is 1. The van der Waals surface area contributed by atoms with Crippen molar-refractivity contribution in [2.75, 3.05) is 7.11 Å². The van der Waals surface area contributed by atoms with Gasteiger partial charge in [0, 0.05) is 6.54 Å². The smallest absolute Gasteiger partial charge is 0.322 e. The Morgan fingerprint density at radius 2 is 2.14 bits per heavy atom. The summed E-state index contributed by atoms with van der Waals surface area (Å²) in [6.45, 7) is 2.41. The Morgan fingerprint density at radius 1 is 1.45 bits per heavy atom. The van der Waals surface area contributed by atoms with Gasteiger partial charge in [0.25, 0.3) is 0 Å². The van der Waals surface area contributed by atoms with Gasteiger partial charge in [-0.15, -0.1) is 0 Å². The first-order valence-corrected chi connectivity index (χ1v) is 8.84. The van der Waals surface area contributed by atoms with Crippen molar-refractivity contribution in [3.63, 3.8) is 0 Å². The molecular weight excluding hydrogens is 328 g/mol. The Kier molecular flexibility index (Phi) is 7.28. The molecule has 124 valence electrons. The molecule has 0 radical (unpaired) electrons. The molecule has 1 aromatic carbocycles. The molecule has 0 aromatic heterocycles. The van der Waals surface area contributed by atoms with Gasteiger partial charge in [-0.3, -0.25) is 4.79 Å². The lowest BCUT2D eigenvalue weighted by Gasteiger charge is -2.16. The van der Waals surface area contributed by atoms with Crippen molar-refractivity contribution in [3.8, 4) is 0 Å². The molecule has 1 rings (SSSR count). The van der Waals surface area contributed by atoms with Gasteiger partial charge < -0.3 is 10.1 Å². The number of esters is 1. The molecular formula is C14H21ClN2O4S. The molecule has 0 bridgehead atoms. The number of rotatable bonds is 8.